The fraction of sp³-hybridized carbons (Fsp3) is 0.474. The average molecular weight is 390 g/mol. The van der Waals surface area contributed by atoms with Crippen molar-refractivity contribution in [2.75, 3.05) is 23.7 Å². The number of rotatable bonds is 3. The molecule has 148 valence electrons. The first-order valence-corrected chi connectivity index (χ1v) is 9.34. The van der Waals surface area contributed by atoms with Crippen LogP contribution in [-0.2, 0) is 0 Å². The van der Waals surface area contributed by atoms with Gasteiger partial charge in [0.05, 0.1) is 16.6 Å². The van der Waals surface area contributed by atoms with E-state index in [4.69, 9.17) is 11.5 Å². The van der Waals surface area contributed by atoms with Crippen molar-refractivity contribution < 1.29 is 18.7 Å². The highest BCUT2D eigenvalue weighted by Gasteiger charge is 2.54. The summed E-state index contributed by atoms with van der Waals surface area (Å²) in [6.07, 6.45) is 4.44. The second-order valence-corrected chi connectivity index (χ2v) is 8.28. The van der Waals surface area contributed by atoms with Crippen molar-refractivity contribution in [3.05, 3.63) is 33.6 Å². The number of carboxylic acids is 1. The summed E-state index contributed by atoms with van der Waals surface area (Å²) in [5.41, 5.74) is 9.57. The van der Waals surface area contributed by atoms with Crippen molar-refractivity contribution in [2.45, 2.75) is 37.8 Å². The van der Waals surface area contributed by atoms with E-state index in [2.05, 4.69) is 0 Å². The largest absolute Gasteiger partial charge is 0.477 e. The highest BCUT2D eigenvalue weighted by molar-refractivity contribution is 5.99. The van der Waals surface area contributed by atoms with Gasteiger partial charge in [-0.2, -0.15) is 0 Å². The maximum absolute atomic E-state index is 15.6. The molecular formula is C19H20F2N4O3. The predicted octanol–water partition coefficient (Wildman–Crippen LogP) is 1.82. The lowest BCUT2D eigenvalue weighted by Gasteiger charge is -2.23. The molecule has 5 rings (SSSR count). The molecule has 1 unspecified atom stereocenters. The monoisotopic (exact) mass is 390 g/mol. The van der Waals surface area contributed by atoms with Crippen molar-refractivity contribution >= 4 is 28.2 Å². The molecule has 3 aliphatic rings. The quantitative estimate of drug-likeness (QED) is 0.689. The van der Waals surface area contributed by atoms with Crippen LogP contribution in [0.5, 0.6) is 0 Å². The summed E-state index contributed by atoms with van der Waals surface area (Å²) in [5, 5.41) is 8.93. The number of fused-ring (bicyclic) bond motifs is 1. The van der Waals surface area contributed by atoms with E-state index < -0.39 is 39.7 Å². The molecular weight excluding hydrogens is 370 g/mol. The lowest BCUT2D eigenvalue weighted by Crippen LogP contribution is -2.31. The highest BCUT2D eigenvalue weighted by Crippen LogP contribution is 2.53. The molecule has 0 radical (unpaired) electrons. The number of benzene rings is 1. The Balaban J connectivity index is 1.81. The number of aromatic carboxylic acids is 1. The topological polar surface area (TPSA) is 115 Å². The van der Waals surface area contributed by atoms with Crippen molar-refractivity contribution in [3.8, 4) is 0 Å². The van der Waals surface area contributed by atoms with Gasteiger partial charge in [-0.05, 0) is 25.7 Å². The van der Waals surface area contributed by atoms with Crippen LogP contribution < -0.4 is 21.8 Å². The number of nitrogens with two attached hydrogens (primary N) is 2. The molecule has 28 heavy (non-hydrogen) atoms. The van der Waals surface area contributed by atoms with E-state index in [1.807, 2.05) is 0 Å². The van der Waals surface area contributed by atoms with E-state index in [0.717, 1.165) is 31.9 Å². The molecule has 0 amide bonds. The Hall–Kier alpha value is -2.68. The smallest absolute Gasteiger partial charge is 0.341 e. The van der Waals surface area contributed by atoms with Gasteiger partial charge in [0.25, 0.3) is 0 Å². The van der Waals surface area contributed by atoms with E-state index >= 15 is 8.78 Å². The molecule has 1 atom stereocenters. The van der Waals surface area contributed by atoms with E-state index in [0.29, 0.717) is 13.1 Å². The van der Waals surface area contributed by atoms with E-state index in [9.17, 15) is 14.7 Å². The van der Waals surface area contributed by atoms with Gasteiger partial charge in [-0.1, -0.05) is 0 Å². The molecule has 5 N–H and O–H groups in total. The van der Waals surface area contributed by atoms with Crippen LogP contribution in [0, 0.1) is 17.0 Å². The minimum atomic E-state index is -1.45. The van der Waals surface area contributed by atoms with Gasteiger partial charge in [-0.3, -0.25) is 4.79 Å². The van der Waals surface area contributed by atoms with Crippen LogP contribution >= 0.6 is 0 Å². The standard InChI is InChI=1S/C19H20F2N4O3/c20-12-14(23)11-15(25(8-1-2-8)5-9(17(11)26)18(27)28)13(21)16(12)24-6-10(22)19(7-24)3-4-19/h5,8,10H,1-4,6-7,22-23H2,(H,27,28). The third-order valence-electron chi connectivity index (χ3n) is 6.45. The Morgan fingerprint density at radius 1 is 1.25 bits per heavy atom. The number of aromatic nitrogens is 1. The minimum Gasteiger partial charge on any atom is -0.477 e. The van der Waals surface area contributed by atoms with Crippen molar-refractivity contribution in [1.82, 2.24) is 4.57 Å². The Morgan fingerprint density at radius 3 is 2.46 bits per heavy atom. The van der Waals surface area contributed by atoms with Gasteiger partial charge in [0.1, 0.15) is 11.3 Å². The molecule has 2 heterocycles. The molecule has 9 heteroatoms. The van der Waals surface area contributed by atoms with Crippen molar-refractivity contribution in [3.63, 3.8) is 0 Å². The second-order valence-electron chi connectivity index (χ2n) is 8.28. The van der Waals surface area contributed by atoms with Gasteiger partial charge in [0.15, 0.2) is 11.6 Å². The molecule has 1 aliphatic heterocycles. The number of hydrogen-bond acceptors (Lipinski definition) is 5. The third-order valence-corrected chi connectivity index (χ3v) is 6.45. The normalized spacial score (nSPS) is 23.0. The third kappa shape index (κ3) is 2.22. The zero-order chi connectivity index (χ0) is 20.0. The molecule has 1 saturated heterocycles. The first-order chi connectivity index (χ1) is 13.2. The molecule has 1 aromatic heterocycles. The van der Waals surface area contributed by atoms with Crippen molar-refractivity contribution in [1.29, 1.82) is 0 Å². The van der Waals surface area contributed by atoms with Crippen LogP contribution in [0.1, 0.15) is 42.1 Å². The molecule has 7 nitrogen and oxygen atoms in total. The lowest BCUT2D eigenvalue weighted by molar-refractivity contribution is 0.0695. The predicted molar refractivity (Wildman–Crippen MR) is 99.6 cm³/mol. The van der Waals surface area contributed by atoms with Crippen molar-refractivity contribution in [2.24, 2.45) is 11.1 Å². The van der Waals surface area contributed by atoms with Gasteiger partial charge >= 0.3 is 5.97 Å². The van der Waals surface area contributed by atoms with Gasteiger partial charge in [0, 0.05) is 36.8 Å². The number of anilines is 2. The second kappa shape index (κ2) is 5.44. The SMILES string of the molecule is Nc1c(F)c(N2CC(N)C3(CC3)C2)c(F)c2c1c(=O)c(C(=O)O)cn2C1CC1. The average Bonchev–Trinajstić information content (AvgIpc) is 3.53. The summed E-state index contributed by atoms with van der Waals surface area (Å²) in [4.78, 5) is 25.7. The molecule has 2 aliphatic carbocycles. The van der Waals surface area contributed by atoms with Crippen LogP contribution in [0.4, 0.5) is 20.2 Å². The summed E-state index contributed by atoms with van der Waals surface area (Å²) >= 11 is 0. The van der Waals surface area contributed by atoms with Crippen LogP contribution in [0.15, 0.2) is 11.0 Å². The maximum Gasteiger partial charge on any atom is 0.341 e. The van der Waals surface area contributed by atoms with E-state index in [1.54, 1.807) is 4.90 Å². The van der Waals surface area contributed by atoms with E-state index in [-0.39, 0.29) is 28.7 Å². The van der Waals surface area contributed by atoms with Gasteiger partial charge < -0.3 is 26.0 Å². The first kappa shape index (κ1) is 17.4. The van der Waals surface area contributed by atoms with Gasteiger partial charge in [-0.15, -0.1) is 0 Å². The molecule has 2 saturated carbocycles. The van der Waals surface area contributed by atoms with Gasteiger partial charge in [-0.25, -0.2) is 13.6 Å². The van der Waals surface area contributed by atoms with Crippen LogP contribution in [-0.4, -0.2) is 34.8 Å². The number of hydrogen-bond donors (Lipinski definition) is 3. The first-order valence-electron chi connectivity index (χ1n) is 9.34. The Morgan fingerprint density at radius 2 is 1.93 bits per heavy atom. The number of nitrogens with zero attached hydrogens (tertiary/aromatic N) is 2. The number of nitrogen functional groups attached to an aromatic ring is 1. The number of pyridine rings is 1. The molecule has 1 aromatic carbocycles. The minimum absolute atomic E-state index is 0.105. The molecule has 1 spiro atoms. The maximum atomic E-state index is 15.6. The van der Waals surface area contributed by atoms with Gasteiger partial charge in [0.2, 0.25) is 5.43 Å². The summed E-state index contributed by atoms with van der Waals surface area (Å²) in [7, 11) is 0. The van der Waals surface area contributed by atoms with E-state index in [1.165, 1.54) is 4.57 Å². The van der Waals surface area contributed by atoms with Crippen LogP contribution in [0.25, 0.3) is 10.9 Å². The van der Waals surface area contributed by atoms with Crippen LogP contribution in [0.2, 0.25) is 0 Å². The number of carboxylic acid groups (broad SMARTS) is 1. The summed E-state index contributed by atoms with van der Waals surface area (Å²) in [6.45, 7) is 0.744. The number of carbonyl (C=O) groups is 1. The fourth-order valence-electron chi connectivity index (χ4n) is 4.48. The Kier molecular flexibility index (Phi) is 3.38. The molecule has 2 aromatic rings. The zero-order valence-corrected chi connectivity index (χ0v) is 15.0. The summed E-state index contributed by atoms with van der Waals surface area (Å²) in [6, 6.07) is -0.313. The highest BCUT2D eigenvalue weighted by atomic mass is 19.1. The molecule has 3 fully saturated rings. The Bertz CT molecular complexity index is 1110. The zero-order valence-electron chi connectivity index (χ0n) is 15.0. The summed E-state index contributed by atoms with van der Waals surface area (Å²) < 4.78 is 32.2. The number of halogens is 2. The fourth-order valence-corrected chi connectivity index (χ4v) is 4.48. The lowest BCUT2D eigenvalue weighted by atomic mass is 10.0. The molecule has 0 bridgehead atoms. The Labute approximate surface area is 158 Å². The van der Waals surface area contributed by atoms with Crippen LogP contribution in [0.3, 0.4) is 0 Å². The summed E-state index contributed by atoms with van der Waals surface area (Å²) in [5.74, 6) is -3.36.